The predicted molar refractivity (Wildman–Crippen MR) is 124 cm³/mol. The first-order valence-electron chi connectivity index (χ1n) is 9.72. The molecule has 8 heteroatoms. The van der Waals surface area contributed by atoms with E-state index >= 15 is 0 Å². The van der Waals surface area contributed by atoms with Crippen molar-refractivity contribution in [2.24, 2.45) is 0 Å². The third kappa shape index (κ3) is 4.91. The molecule has 3 aromatic carbocycles. The maximum atomic E-state index is 12.5. The van der Waals surface area contributed by atoms with Crippen molar-refractivity contribution in [1.82, 2.24) is 9.97 Å². The van der Waals surface area contributed by atoms with Crippen LogP contribution in [0.1, 0.15) is 11.1 Å². The normalized spacial score (nSPS) is 10.9. The van der Waals surface area contributed by atoms with Crippen molar-refractivity contribution in [3.63, 3.8) is 0 Å². The number of nitriles is 1. The summed E-state index contributed by atoms with van der Waals surface area (Å²) in [6.45, 7) is 1.90. The van der Waals surface area contributed by atoms with Crippen LogP contribution in [0.5, 0.6) is 0 Å². The smallest absolute Gasteiger partial charge is 0.261 e. The lowest BCUT2D eigenvalue weighted by atomic mass is 10.1. The lowest BCUT2D eigenvalue weighted by molar-refractivity contribution is 0.601. The second-order valence-corrected chi connectivity index (χ2v) is 8.78. The number of rotatable bonds is 6. The Kier molecular flexibility index (Phi) is 5.83. The zero-order chi connectivity index (χ0) is 22.6. The van der Waals surface area contributed by atoms with Crippen LogP contribution in [-0.4, -0.2) is 18.4 Å². The van der Waals surface area contributed by atoms with E-state index in [9.17, 15) is 8.42 Å². The van der Waals surface area contributed by atoms with Crippen molar-refractivity contribution in [3.8, 4) is 17.3 Å². The summed E-state index contributed by atoms with van der Waals surface area (Å²) in [6.07, 6.45) is 1.46. The van der Waals surface area contributed by atoms with E-state index in [4.69, 9.17) is 5.26 Å². The van der Waals surface area contributed by atoms with Gasteiger partial charge < -0.3 is 5.32 Å². The van der Waals surface area contributed by atoms with Gasteiger partial charge in [-0.05, 0) is 55.5 Å². The minimum absolute atomic E-state index is 0.210. The van der Waals surface area contributed by atoms with Crippen molar-refractivity contribution >= 4 is 27.2 Å². The van der Waals surface area contributed by atoms with E-state index in [1.54, 1.807) is 66.7 Å². The molecule has 158 valence electrons. The predicted octanol–water partition coefficient (Wildman–Crippen LogP) is 4.87. The van der Waals surface area contributed by atoms with Crippen LogP contribution < -0.4 is 10.0 Å². The summed E-state index contributed by atoms with van der Waals surface area (Å²) >= 11 is 0. The molecule has 7 nitrogen and oxygen atoms in total. The van der Waals surface area contributed by atoms with Gasteiger partial charge in [0.25, 0.3) is 10.0 Å². The Bertz CT molecular complexity index is 1380. The van der Waals surface area contributed by atoms with Gasteiger partial charge in [0.1, 0.15) is 12.1 Å². The topological polar surface area (TPSA) is 108 Å². The van der Waals surface area contributed by atoms with Crippen LogP contribution in [-0.2, 0) is 10.0 Å². The van der Waals surface area contributed by atoms with Gasteiger partial charge in [-0.25, -0.2) is 18.4 Å². The summed E-state index contributed by atoms with van der Waals surface area (Å²) in [5.41, 5.74) is 4.36. The number of nitrogens with one attached hydrogen (secondary N) is 2. The highest BCUT2D eigenvalue weighted by molar-refractivity contribution is 7.92. The molecular formula is C24H19N5O2S. The van der Waals surface area contributed by atoms with Crippen LogP contribution >= 0.6 is 0 Å². The lowest BCUT2D eigenvalue weighted by Crippen LogP contribution is -2.12. The summed E-state index contributed by atoms with van der Waals surface area (Å²) in [4.78, 5) is 8.73. The van der Waals surface area contributed by atoms with E-state index in [1.165, 1.54) is 6.33 Å². The highest BCUT2D eigenvalue weighted by Crippen LogP contribution is 2.23. The van der Waals surface area contributed by atoms with Gasteiger partial charge in [0.2, 0.25) is 0 Å². The number of hydrogen-bond donors (Lipinski definition) is 2. The number of nitrogens with zero attached hydrogens (tertiary/aromatic N) is 3. The molecule has 0 fully saturated rings. The van der Waals surface area contributed by atoms with Gasteiger partial charge in [0, 0.05) is 23.0 Å². The zero-order valence-electron chi connectivity index (χ0n) is 17.1. The average molecular weight is 442 g/mol. The summed E-state index contributed by atoms with van der Waals surface area (Å²) in [5.74, 6) is 0.590. The van der Waals surface area contributed by atoms with E-state index < -0.39 is 10.0 Å². The SMILES string of the molecule is Cc1ccc(S(=O)(=O)Nc2ccc(Nc3cc(-c4ccc(C#N)cc4)ncn3)cc2)cc1. The fraction of sp³-hybridized carbons (Fsp3) is 0.0417. The number of hydrogen-bond acceptors (Lipinski definition) is 6. The van der Waals surface area contributed by atoms with E-state index in [1.807, 2.05) is 19.1 Å². The zero-order valence-corrected chi connectivity index (χ0v) is 18.0. The van der Waals surface area contributed by atoms with Gasteiger partial charge in [-0.2, -0.15) is 5.26 Å². The molecular weight excluding hydrogens is 422 g/mol. The van der Waals surface area contributed by atoms with Crippen molar-refractivity contribution in [2.45, 2.75) is 11.8 Å². The van der Waals surface area contributed by atoms with Crippen LogP contribution in [0.3, 0.4) is 0 Å². The molecule has 0 radical (unpaired) electrons. The molecule has 1 aromatic heterocycles. The molecule has 4 rings (SSSR count). The van der Waals surface area contributed by atoms with Gasteiger partial charge in [0.05, 0.1) is 22.2 Å². The van der Waals surface area contributed by atoms with Crippen LogP contribution in [0.15, 0.2) is 90.1 Å². The third-order valence-electron chi connectivity index (χ3n) is 4.72. The molecule has 0 bridgehead atoms. The maximum absolute atomic E-state index is 12.5. The van der Waals surface area contributed by atoms with E-state index in [0.717, 1.165) is 22.5 Å². The summed E-state index contributed by atoms with van der Waals surface area (Å²) in [7, 11) is -3.65. The van der Waals surface area contributed by atoms with Gasteiger partial charge >= 0.3 is 0 Å². The quantitative estimate of drug-likeness (QED) is 0.442. The minimum Gasteiger partial charge on any atom is -0.340 e. The maximum Gasteiger partial charge on any atom is 0.261 e. The molecule has 0 aliphatic heterocycles. The second-order valence-electron chi connectivity index (χ2n) is 7.10. The molecule has 0 saturated heterocycles. The van der Waals surface area contributed by atoms with Gasteiger partial charge in [-0.1, -0.05) is 29.8 Å². The van der Waals surface area contributed by atoms with Gasteiger partial charge in [0.15, 0.2) is 0 Å². The largest absolute Gasteiger partial charge is 0.340 e. The molecule has 0 amide bonds. The van der Waals surface area contributed by atoms with Crippen molar-refractivity contribution in [3.05, 3.63) is 96.3 Å². The minimum atomic E-state index is -3.65. The van der Waals surface area contributed by atoms with Crippen molar-refractivity contribution in [2.75, 3.05) is 10.0 Å². The number of sulfonamides is 1. The Balaban J connectivity index is 1.47. The number of aromatic nitrogens is 2. The van der Waals surface area contributed by atoms with Crippen LogP contribution in [0.4, 0.5) is 17.2 Å². The molecule has 0 saturated carbocycles. The standard InChI is InChI=1S/C24H19N5O2S/c1-17-2-12-22(13-3-17)32(30,31)29-21-10-8-20(9-11-21)28-24-14-23(26-16-27-24)19-6-4-18(15-25)5-7-19/h2-14,16,29H,1H3,(H,26,27,28). The van der Waals surface area contributed by atoms with Crippen LogP contribution in [0.2, 0.25) is 0 Å². The first kappa shape index (κ1) is 21.0. The Morgan fingerprint density at radius 1 is 0.844 bits per heavy atom. The lowest BCUT2D eigenvalue weighted by Gasteiger charge is -2.10. The van der Waals surface area contributed by atoms with Crippen molar-refractivity contribution in [1.29, 1.82) is 5.26 Å². The van der Waals surface area contributed by atoms with E-state index in [2.05, 4.69) is 26.1 Å². The Morgan fingerprint density at radius 2 is 1.50 bits per heavy atom. The molecule has 2 N–H and O–H groups in total. The van der Waals surface area contributed by atoms with Gasteiger partial charge in [-0.3, -0.25) is 4.72 Å². The fourth-order valence-electron chi connectivity index (χ4n) is 3.00. The monoisotopic (exact) mass is 441 g/mol. The molecule has 1 heterocycles. The molecule has 0 spiro atoms. The Labute approximate surface area is 186 Å². The summed E-state index contributed by atoms with van der Waals surface area (Å²) < 4.78 is 27.7. The molecule has 0 unspecified atom stereocenters. The summed E-state index contributed by atoms with van der Waals surface area (Å²) in [6, 6.07) is 24.6. The first-order chi connectivity index (χ1) is 15.4. The average Bonchev–Trinajstić information content (AvgIpc) is 2.81. The molecule has 0 aliphatic rings. The number of benzene rings is 3. The second kappa shape index (κ2) is 8.88. The first-order valence-corrected chi connectivity index (χ1v) is 11.2. The summed E-state index contributed by atoms with van der Waals surface area (Å²) in [5, 5.41) is 12.1. The molecule has 4 aromatic rings. The molecule has 32 heavy (non-hydrogen) atoms. The van der Waals surface area contributed by atoms with E-state index in [0.29, 0.717) is 17.1 Å². The van der Waals surface area contributed by atoms with E-state index in [-0.39, 0.29) is 4.90 Å². The third-order valence-corrected chi connectivity index (χ3v) is 6.11. The number of anilines is 3. The van der Waals surface area contributed by atoms with Crippen LogP contribution in [0, 0.1) is 18.3 Å². The highest BCUT2D eigenvalue weighted by Gasteiger charge is 2.13. The highest BCUT2D eigenvalue weighted by atomic mass is 32.2. The fourth-order valence-corrected chi connectivity index (χ4v) is 4.06. The molecule has 0 atom stereocenters. The van der Waals surface area contributed by atoms with Crippen LogP contribution in [0.25, 0.3) is 11.3 Å². The molecule has 0 aliphatic carbocycles. The Hall–Kier alpha value is -4.22. The Morgan fingerprint density at radius 3 is 2.16 bits per heavy atom. The number of aryl methyl sites for hydroxylation is 1. The van der Waals surface area contributed by atoms with Gasteiger partial charge in [-0.15, -0.1) is 0 Å². The van der Waals surface area contributed by atoms with Crippen molar-refractivity contribution < 1.29 is 8.42 Å².